The summed E-state index contributed by atoms with van der Waals surface area (Å²) in [6.07, 6.45) is 4.13. The van der Waals surface area contributed by atoms with E-state index < -0.39 is 0 Å². The third-order valence-electron chi connectivity index (χ3n) is 4.65. The van der Waals surface area contributed by atoms with Gasteiger partial charge in [-0.3, -0.25) is 9.59 Å². The smallest absolute Gasteiger partial charge is 0.276 e. The standard InChI is InChI=1S/C22H25N3O3/c1-3-4-5-8-15-25-22(27)19-10-7-6-9-18(19)20(24-25)21(26)23-16-11-13-17(28-2)14-12-16/h6-7,9-14H,3-5,8,15H2,1-2H3,(H,23,26). The fourth-order valence-electron chi connectivity index (χ4n) is 3.11. The molecule has 0 radical (unpaired) electrons. The summed E-state index contributed by atoms with van der Waals surface area (Å²) in [7, 11) is 1.59. The number of carbonyl (C=O) groups is 1. The molecule has 0 spiro atoms. The first-order valence-electron chi connectivity index (χ1n) is 9.59. The molecule has 6 nitrogen and oxygen atoms in total. The number of hydrogen-bond acceptors (Lipinski definition) is 4. The van der Waals surface area contributed by atoms with Gasteiger partial charge in [0.25, 0.3) is 11.5 Å². The van der Waals surface area contributed by atoms with E-state index in [1.54, 1.807) is 55.6 Å². The molecule has 1 aromatic heterocycles. The molecule has 28 heavy (non-hydrogen) atoms. The van der Waals surface area contributed by atoms with Crippen LogP contribution >= 0.6 is 0 Å². The third kappa shape index (κ3) is 4.39. The van der Waals surface area contributed by atoms with Crippen molar-refractivity contribution in [3.05, 3.63) is 64.6 Å². The normalized spacial score (nSPS) is 10.8. The molecule has 2 aromatic carbocycles. The molecule has 0 saturated carbocycles. The van der Waals surface area contributed by atoms with Crippen molar-refractivity contribution < 1.29 is 9.53 Å². The molecule has 1 heterocycles. The van der Waals surface area contributed by atoms with Crippen LogP contribution in [0.5, 0.6) is 5.75 Å². The molecule has 6 heteroatoms. The molecule has 0 fully saturated rings. The van der Waals surface area contributed by atoms with Gasteiger partial charge in [-0.2, -0.15) is 5.10 Å². The largest absolute Gasteiger partial charge is 0.497 e. The average Bonchev–Trinajstić information content (AvgIpc) is 2.73. The lowest BCUT2D eigenvalue weighted by molar-refractivity contribution is 0.102. The van der Waals surface area contributed by atoms with E-state index in [0.29, 0.717) is 28.8 Å². The first-order valence-corrected chi connectivity index (χ1v) is 9.59. The zero-order chi connectivity index (χ0) is 19.9. The first kappa shape index (κ1) is 19.6. The number of aromatic nitrogens is 2. The fraction of sp³-hybridized carbons (Fsp3) is 0.318. The highest BCUT2D eigenvalue weighted by atomic mass is 16.5. The molecule has 0 aliphatic rings. The van der Waals surface area contributed by atoms with Gasteiger partial charge in [-0.05, 0) is 36.8 Å². The maximum Gasteiger partial charge on any atom is 0.276 e. The van der Waals surface area contributed by atoms with Crippen molar-refractivity contribution in [3.63, 3.8) is 0 Å². The Balaban J connectivity index is 1.92. The zero-order valence-electron chi connectivity index (χ0n) is 16.3. The SMILES string of the molecule is CCCCCCn1nc(C(=O)Nc2ccc(OC)cc2)c2ccccc2c1=O. The Bertz CT molecular complexity index is 1010. The Morgan fingerprint density at radius 1 is 1.04 bits per heavy atom. The topological polar surface area (TPSA) is 73.2 Å². The van der Waals surface area contributed by atoms with Crippen molar-refractivity contribution in [2.45, 2.75) is 39.2 Å². The quantitative estimate of drug-likeness (QED) is 0.594. The average molecular weight is 379 g/mol. The number of carbonyl (C=O) groups excluding carboxylic acids is 1. The molecule has 0 saturated heterocycles. The first-order chi connectivity index (χ1) is 13.6. The summed E-state index contributed by atoms with van der Waals surface area (Å²) in [6, 6.07) is 14.2. The van der Waals surface area contributed by atoms with Gasteiger partial charge in [0.2, 0.25) is 0 Å². The van der Waals surface area contributed by atoms with Gasteiger partial charge in [-0.15, -0.1) is 0 Å². The van der Waals surface area contributed by atoms with Crippen molar-refractivity contribution in [2.24, 2.45) is 0 Å². The number of hydrogen-bond donors (Lipinski definition) is 1. The predicted octanol–water partition coefficient (Wildman–Crippen LogP) is 4.24. The molecule has 0 aliphatic carbocycles. The van der Waals surface area contributed by atoms with E-state index in [1.165, 1.54) is 4.68 Å². The van der Waals surface area contributed by atoms with Crippen molar-refractivity contribution >= 4 is 22.4 Å². The number of benzene rings is 2. The van der Waals surface area contributed by atoms with Gasteiger partial charge in [0.05, 0.1) is 12.5 Å². The van der Waals surface area contributed by atoms with Crippen LogP contribution in [-0.2, 0) is 6.54 Å². The number of nitrogens with zero attached hydrogens (tertiary/aromatic N) is 2. The Labute approximate surface area is 164 Å². The summed E-state index contributed by atoms with van der Waals surface area (Å²) in [4.78, 5) is 25.7. The van der Waals surface area contributed by atoms with E-state index in [9.17, 15) is 9.59 Å². The van der Waals surface area contributed by atoms with E-state index in [-0.39, 0.29) is 17.2 Å². The Morgan fingerprint density at radius 3 is 2.43 bits per heavy atom. The van der Waals surface area contributed by atoms with E-state index in [4.69, 9.17) is 4.74 Å². The summed E-state index contributed by atoms with van der Waals surface area (Å²) in [5.74, 6) is 0.367. The van der Waals surface area contributed by atoms with Gasteiger partial charge in [0.15, 0.2) is 5.69 Å². The van der Waals surface area contributed by atoms with Crippen LogP contribution in [0.3, 0.4) is 0 Å². The Morgan fingerprint density at radius 2 is 1.75 bits per heavy atom. The van der Waals surface area contributed by atoms with E-state index in [0.717, 1.165) is 25.7 Å². The van der Waals surface area contributed by atoms with Crippen molar-refractivity contribution in [1.29, 1.82) is 0 Å². The maximum absolute atomic E-state index is 12.9. The van der Waals surface area contributed by atoms with Gasteiger partial charge in [-0.1, -0.05) is 44.4 Å². The molecular formula is C22H25N3O3. The molecule has 1 amide bonds. The van der Waals surface area contributed by atoms with Crippen LogP contribution in [0.4, 0.5) is 5.69 Å². The van der Waals surface area contributed by atoms with Gasteiger partial charge in [-0.25, -0.2) is 4.68 Å². The third-order valence-corrected chi connectivity index (χ3v) is 4.65. The highest BCUT2D eigenvalue weighted by Crippen LogP contribution is 2.18. The number of fused-ring (bicyclic) bond motifs is 1. The number of nitrogens with one attached hydrogen (secondary N) is 1. The van der Waals surface area contributed by atoms with E-state index in [2.05, 4.69) is 17.3 Å². The highest BCUT2D eigenvalue weighted by Gasteiger charge is 2.16. The number of unbranched alkanes of at least 4 members (excludes halogenated alkanes) is 3. The molecule has 0 bridgehead atoms. The lowest BCUT2D eigenvalue weighted by Gasteiger charge is -2.11. The summed E-state index contributed by atoms with van der Waals surface area (Å²) in [5, 5.41) is 8.31. The number of anilines is 1. The predicted molar refractivity (Wildman–Crippen MR) is 111 cm³/mol. The second kappa shape index (κ2) is 9.17. The Kier molecular flexibility index (Phi) is 6.42. The van der Waals surface area contributed by atoms with Gasteiger partial charge in [0.1, 0.15) is 5.75 Å². The molecule has 146 valence electrons. The summed E-state index contributed by atoms with van der Waals surface area (Å²) < 4.78 is 6.55. The Hall–Kier alpha value is -3.15. The summed E-state index contributed by atoms with van der Waals surface area (Å²) in [6.45, 7) is 2.65. The van der Waals surface area contributed by atoms with Crippen LogP contribution in [0, 0.1) is 0 Å². The molecule has 0 unspecified atom stereocenters. The van der Waals surface area contributed by atoms with E-state index >= 15 is 0 Å². The molecule has 3 aromatic rings. The molecular weight excluding hydrogens is 354 g/mol. The van der Waals surface area contributed by atoms with E-state index in [1.807, 2.05) is 0 Å². The monoisotopic (exact) mass is 379 g/mol. The fourth-order valence-corrected chi connectivity index (χ4v) is 3.11. The van der Waals surface area contributed by atoms with Crippen LogP contribution in [0.2, 0.25) is 0 Å². The van der Waals surface area contributed by atoms with Crippen LogP contribution in [0.15, 0.2) is 53.3 Å². The highest BCUT2D eigenvalue weighted by molar-refractivity contribution is 6.11. The minimum atomic E-state index is -0.344. The van der Waals surface area contributed by atoms with Gasteiger partial charge < -0.3 is 10.1 Å². The summed E-state index contributed by atoms with van der Waals surface area (Å²) in [5.41, 5.74) is 0.729. The molecule has 1 N–H and O–H groups in total. The minimum absolute atomic E-state index is 0.159. The van der Waals surface area contributed by atoms with Crippen LogP contribution in [0.25, 0.3) is 10.8 Å². The number of ether oxygens (including phenoxy) is 1. The second-order valence-corrected chi connectivity index (χ2v) is 6.67. The summed E-state index contributed by atoms with van der Waals surface area (Å²) >= 11 is 0. The van der Waals surface area contributed by atoms with Crippen LogP contribution in [0.1, 0.15) is 43.1 Å². The minimum Gasteiger partial charge on any atom is -0.497 e. The second-order valence-electron chi connectivity index (χ2n) is 6.67. The molecule has 3 rings (SSSR count). The maximum atomic E-state index is 12.9. The molecule has 0 aliphatic heterocycles. The number of amides is 1. The lowest BCUT2D eigenvalue weighted by atomic mass is 10.1. The van der Waals surface area contributed by atoms with Gasteiger partial charge >= 0.3 is 0 Å². The van der Waals surface area contributed by atoms with Gasteiger partial charge in [0, 0.05) is 17.6 Å². The number of methoxy groups -OCH3 is 1. The zero-order valence-corrected chi connectivity index (χ0v) is 16.3. The van der Waals surface area contributed by atoms with Crippen molar-refractivity contribution in [2.75, 3.05) is 12.4 Å². The number of aryl methyl sites for hydroxylation is 1. The van der Waals surface area contributed by atoms with Crippen LogP contribution < -0.4 is 15.6 Å². The van der Waals surface area contributed by atoms with Crippen molar-refractivity contribution in [3.8, 4) is 5.75 Å². The van der Waals surface area contributed by atoms with Crippen molar-refractivity contribution in [1.82, 2.24) is 9.78 Å². The molecule has 0 atom stereocenters. The number of rotatable bonds is 8. The lowest BCUT2D eigenvalue weighted by Crippen LogP contribution is -2.27. The van der Waals surface area contributed by atoms with Crippen LogP contribution in [-0.4, -0.2) is 22.8 Å².